The topological polar surface area (TPSA) is 24.1 Å². The number of hydrogen-bond acceptors (Lipinski definition) is 2. The van der Waals surface area contributed by atoms with Gasteiger partial charge in [0.05, 0.1) is 5.82 Å². The molecular formula is C11H13ClN2. The van der Waals surface area contributed by atoms with E-state index < -0.39 is 0 Å². The second kappa shape index (κ2) is 4.72. The second-order valence-corrected chi connectivity index (χ2v) is 3.45. The lowest BCUT2D eigenvalue weighted by molar-refractivity contribution is 0.988. The zero-order chi connectivity index (χ0) is 10.6. The Bertz CT molecular complexity index is 341. The summed E-state index contributed by atoms with van der Waals surface area (Å²) in [5, 5.41) is 6.76. The van der Waals surface area contributed by atoms with Crippen molar-refractivity contribution < 1.29 is 0 Å². The summed E-state index contributed by atoms with van der Waals surface area (Å²) in [4.78, 5) is 0. The molecule has 0 atom stereocenters. The number of anilines is 1. The van der Waals surface area contributed by atoms with Crippen molar-refractivity contribution in [3.05, 3.63) is 54.0 Å². The molecule has 1 aromatic carbocycles. The average molecular weight is 209 g/mol. The van der Waals surface area contributed by atoms with Crippen LogP contribution in [0, 0.1) is 0 Å². The maximum atomic E-state index is 5.75. The molecule has 2 nitrogen and oxygen atoms in total. The first-order valence-electron chi connectivity index (χ1n) is 4.22. The highest BCUT2D eigenvalue weighted by Gasteiger charge is 1.94. The summed E-state index contributed by atoms with van der Waals surface area (Å²) >= 11 is 5.75. The minimum atomic E-state index is 0.694. The molecule has 0 radical (unpaired) electrons. The van der Waals surface area contributed by atoms with Crippen LogP contribution in [0.15, 0.2) is 48.9 Å². The molecular weight excluding hydrogens is 196 g/mol. The lowest BCUT2D eigenvalue weighted by Crippen LogP contribution is -2.15. The molecule has 0 aromatic heterocycles. The van der Waals surface area contributed by atoms with E-state index in [2.05, 4.69) is 23.8 Å². The Morgan fingerprint density at radius 1 is 1.21 bits per heavy atom. The van der Waals surface area contributed by atoms with E-state index in [9.17, 15) is 0 Å². The summed E-state index contributed by atoms with van der Waals surface area (Å²) in [6, 6.07) is 7.40. The number of nitrogens with one attached hydrogen (secondary N) is 2. The van der Waals surface area contributed by atoms with Crippen molar-refractivity contribution in [1.29, 1.82) is 0 Å². The Kier molecular flexibility index (Phi) is 3.60. The summed E-state index contributed by atoms with van der Waals surface area (Å²) in [6.07, 6.45) is 0. The molecule has 0 heterocycles. The molecule has 0 aliphatic carbocycles. The van der Waals surface area contributed by atoms with E-state index in [4.69, 9.17) is 11.6 Å². The van der Waals surface area contributed by atoms with E-state index in [0.29, 0.717) is 10.8 Å². The van der Waals surface area contributed by atoms with Gasteiger partial charge in [-0.1, -0.05) is 24.8 Å². The number of rotatable bonds is 4. The van der Waals surface area contributed by atoms with Gasteiger partial charge in [-0.25, -0.2) is 0 Å². The molecule has 14 heavy (non-hydrogen) atoms. The van der Waals surface area contributed by atoms with E-state index in [1.54, 1.807) is 0 Å². The van der Waals surface area contributed by atoms with Crippen LogP contribution in [0.3, 0.4) is 0 Å². The highest BCUT2D eigenvalue weighted by molar-refractivity contribution is 6.30. The third-order valence-electron chi connectivity index (χ3n) is 1.50. The van der Waals surface area contributed by atoms with Crippen LogP contribution in [-0.2, 0) is 0 Å². The van der Waals surface area contributed by atoms with Gasteiger partial charge >= 0.3 is 0 Å². The lowest BCUT2D eigenvalue weighted by atomic mass is 10.3. The van der Waals surface area contributed by atoms with E-state index in [-0.39, 0.29) is 0 Å². The summed E-state index contributed by atoms with van der Waals surface area (Å²) in [6.45, 7) is 9.38. The quantitative estimate of drug-likeness (QED) is 0.793. The number of benzene rings is 1. The molecule has 0 amide bonds. The molecule has 1 aromatic rings. The monoisotopic (exact) mass is 208 g/mol. The molecule has 0 spiro atoms. The summed E-state index contributed by atoms with van der Waals surface area (Å²) in [5.74, 6) is 0.694. The minimum Gasteiger partial charge on any atom is -0.347 e. The van der Waals surface area contributed by atoms with E-state index in [0.717, 1.165) is 11.4 Å². The molecule has 0 aliphatic heterocycles. The van der Waals surface area contributed by atoms with Gasteiger partial charge in [0.25, 0.3) is 0 Å². The summed E-state index contributed by atoms with van der Waals surface area (Å²) in [7, 11) is 0. The van der Waals surface area contributed by atoms with Crippen LogP contribution < -0.4 is 10.6 Å². The molecule has 0 saturated carbocycles. The van der Waals surface area contributed by atoms with Gasteiger partial charge < -0.3 is 10.6 Å². The third-order valence-corrected chi connectivity index (χ3v) is 1.76. The molecule has 3 heteroatoms. The van der Waals surface area contributed by atoms with Crippen LogP contribution >= 0.6 is 11.6 Å². The van der Waals surface area contributed by atoms with Gasteiger partial charge in [0.2, 0.25) is 0 Å². The molecule has 0 bridgehead atoms. The van der Waals surface area contributed by atoms with Crippen LogP contribution in [0.1, 0.15) is 6.92 Å². The van der Waals surface area contributed by atoms with Crippen molar-refractivity contribution in [3.8, 4) is 0 Å². The molecule has 0 unspecified atom stereocenters. The third kappa shape index (κ3) is 3.54. The maximum Gasteiger partial charge on any atom is 0.0999 e. The molecule has 0 saturated heterocycles. The van der Waals surface area contributed by atoms with Crippen LogP contribution in [0.25, 0.3) is 0 Å². The van der Waals surface area contributed by atoms with Gasteiger partial charge in [-0.2, -0.15) is 0 Å². The second-order valence-electron chi connectivity index (χ2n) is 3.02. The Hall–Kier alpha value is -1.41. The zero-order valence-electron chi connectivity index (χ0n) is 8.10. The first-order valence-corrected chi connectivity index (χ1v) is 4.60. The van der Waals surface area contributed by atoms with Gasteiger partial charge in [0.15, 0.2) is 0 Å². The Labute approximate surface area is 89.3 Å². The van der Waals surface area contributed by atoms with Crippen molar-refractivity contribution >= 4 is 17.3 Å². The van der Waals surface area contributed by atoms with Crippen molar-refractivity contribution in [3.63, 3.8) is 0 Å². The van der Waals surface area contributed by atoms with Crippen molar-refractivity contribution in [1.82, 2.24) is 5.32 Å². The maximum absolute atomic E-state index is 5.75. The van der Waals surface area contributed by atoms with Gasteiger partial charge in [-0.05, 0) is 31.2 Å². The zero-order valence-corrected chi connectivity index (χ0v) is 8.86. The highest BCUT2D eigenvalue weighted by Crippen LogP contribution is 2.14. The smallest absolute Gasteiger partial charge is 0.0999 e. The fourth-order valence-corrected chi connectivity index (χ4v) is 1.12. The van der Waals surface area contributed by atoms with Crippen LogP contribution in [0.2, 0.25) is 5.02 Å². The Morgan fingerprint density at radius 3 is 2.29 bits per heavy atom. The molecule has 0 fully saturated rings. The molecule has 0 aliphatic rings. The van der Waals surface area contributed by atoms with E-state index in [1.165, 1.54) is 0 Å². The fraction of sp³-hybridized carbons (Fsp3) is 0.0909. The number of halogens is 1. The predicted molar refractivity (Wildman–Crippen MR) is 62.2 cm³/mol. The average Bonchev–Trinajstić information content (AvgIpc) is 2.07. The minimum absolute atomic E-state index is 0.694. The van der Waals surface area contributed by atoms with E-state index >= 15 is 0 Å². The van der Waals surface area contributed by atoms with Gasteiger partial charge in [0.1, 0.15) is 0 Å². The first kappa shape index (κ1) is 10.7. The first-order chi connectivity index (χ1) is 6.58. The predicted octanol–water partition coefficient (Wildman–Crippen LogP) is 3.35. The van der Waals surface area contributed by atoms with Gasteiger partial charge in [0, 0.05) is 16.4 Å². The normalized spacial score (nSPS) is 9.29. The van der Waals surface area contributed by atoms with E-state index in [1.807, 2.05) is 31.2 Å². The van der Waals surface area contributed by atoms with Crippen molar-refractivity contribution in [2.24, 2.45) is 0 Å². The molecule has 1 rings (SSSR count). The highest BCUT2D eigenvalue weighted by atomic mass is 35.5. The van der Waals surface area contributed by atoms with Crippen LogP contribution in [0.5, 0.6) is 0 Å². The van der Waals surface area contributed by atoms with Crippen LogP contribution in [-0.4, -0.2) is 0 Å². The Morgan fingerprint density at radius 2 is 1.79 bits per heavy atom. The van der Waals surface area contributed by atoms with Crippen LogP contribution in [0.4, 0.5) is 5.69 Å². The molecule has 74 valence electrons. The van der Waals surface area contributed by atoms with Crippen molar-refractivity contribution in [2.75, 3.05) is 5.32 Å². The number of hydrogen-bond donors (Lipinski definition) is 2. The lowest BCUT2D eigenvalue weighted by Gasteiger charge is -2.11. The molecule has 2 N–H and O–H groups in total. The largest absolute Gasteiger partial charge is 0.347 e. The number of allylic oxidation sites excluding steroid dienone is 1. The Balaban J connectivity index is 2.56. The fourth-order valence-electron chi connectivity index (χ4n) is 0.996. The van der Waals surface area contributed by atoms with Gasteiger partial charge in [-0.3, -0.25) is 0 Å². The standard InChI is InChI=1S/C11H13ClN2/c1-8(2)13-9(3)14-11-6-4-10(12)5-7-11/h4-7,13-14H,1,3H2,2H3. The summed E-state index contributed by atoms with van der Waals surface area (Å²) in [5.41, 5.74) is 1.78. The van der Waals surface area contributed by atoms with Gasteiger partial charge in [-0.15, -0.1) is 0 Å². The summed E-state index contributed by atoms with van der Waals surface area (Å²) < 4.78 is 0. The van der Waals surface area contributed by atoms with Crippen molar-refractivity contribution in [2.45, 2.75) is 6.92 Å². The SMILES string of the molecule is C=C(C)NC(=C)Nc1ccc(Cl)cc1.